The standard InChI is InChI=1S/C13H18O3.C13H16O3/c2*1-6-9-10(13(14)15-6)12-8-5-3-2-4-7(8)11(9)16-12/h6-12H,2-5H2,1H3;6,9-12H,2-5H2,1H3/t6-,7-,8+,9-,10+,11+,12-;6-,9-,10+,11+,12-/m00/s1. The lowest BCUT2D eigenvalue weighted by atomic mass is 9.63. The maximum Gasteiger partial charge on any atom is 0.312 e. The fraction of sp³-hybridized carbons (Fsp3) is 0.846. The molecule has 1 saturated carbocycles. The van der Waals surface area contributed by atoms with Gasteiger partial charge in [0.25, 0.3) is 0 Å². The number of hydrogen-bond acceptors (Lipinski definition) is 6. The predicted molar refractivity (Wildman–Crippen MR) is 113 cm³/mol. The fourth-order valence-corrected chi connectivity index (χ4v) is 8.83. The van der Waals surface area contributed by atoms with Crippen LogP contribution in [0.25, 0.3) is 0 Å². The van der Waals surface area contributed by atoms with E-state index in [0.29, 0.717) is 23.9 Å². The van der Waals surface area contributed by atoms with Crippen molar-refractivity contribution >= 4 is 11.9 Å². The van der Waals surface area contributed by atoms with E-state index in [2.05, 4.69) is 0 Å². The molecule has 8 aliphatic rings. The number of carbonyl (C=O) groups excluding carboxylic acids is 2. The van der Waals surface area contributed by atoms with Crippen LogP contribution in [0.4, 0.5) is 0 Å². The lowest BCUT2D eigenvalue weighted by Gasteiger charge is -2.36. The van der Waals surface area contributed by atoms with Gasteiger partial charge in [-0.25, -0.2) is 0 Å². The number of cyclic esters (lactones) is 2. The van der Waals surface area contributed by atoms with Gasteiger partial charge in [0.05, 0.1) is 36.3 Å². The van der Waals surface area contributed by atoms with Crippen molar-refractivity contribution in [2.24, 2.45) is 35.5 Å². The molecule has 6 heterocycles. The summed E-state index contributed by atoms with van der Waals surface area (Å²) in [5.74, 6) is 2.09. The van der Waals surface area contributed by atoms with Crippen molar-refractivity contribution in [2.45, 2.75) is 102 Å². The van der Waals surface area contributed by atoms with E-state index in [0.717, 1.165) is 12.3 Å². The van der Waals surface area contributed by atoms with Crippen LogP contribution in [0.15, 0.2) is 11.1 Å². The molecule has 0 amide bonds. The van der Waals surface area contributed by atoms with Crippen molar-refractivity contribution in [1.82, 2.24) is 0 Å². The molecule has 0 unspecified atom stereocenters. The zero-order valence-corrected chi connectivity index (χ0v) is 19.0. The Kier molecular flexibility index (Phi) is 4.41. The SMILES string of the molecule is C[C@@H]1OC(=O)[C@@H]2[C@H]1[C@@H]1O[C@H]2C2=C1CCCC2.C[C@@H]1OC(=O)[C@H]2[C@H]3O[C@H]([C@H]4CCCC[C@H]43)[C@H]21. The van der Waals surface area contributed by atoms with Gasteiger partial charge < -0.3 is 18.9 Å². The van der Waals surface area contributed by atoms with Crippen LogP contribution in [0.2, 0.25) is 0 Å². The number of rotatable bonds is 0. The molecular weight excluding hydrogens is 408 g/mol. The molecular formula is C26H34O6. The van der Waals surface area contributed by atoms with Gasteiger partial charge >= 0.3 is 11.9 Å². The third kappa shape index (κ3) is 2.54. The molecule has 0 aromatic rings. The molecule has 0 aromatic carbocycles. The minimum absolute atomic E-state index is 0.00836. The molecule has 12 atom stereocenters. The Bertz CT molecular complexity index is 880. The van der Waals surface area contributed by atoms with Crippen molar-refractivity contribution in [2.75, 3.05) is 0 Å². The minimum Gasteiger partial charge on any atom is -0.462 e. The average Bonchev–Trinajstić information content (AvgIpc) is 3.61. The van der Waals surface area contributed by atoms with Gasteiger partial charge in [-0.1, -0.05) is 12.8 Å². The van der Waals surface area contributed by atoms with E-state index in [1.54, 1.807) is 0 Å². The van der Waals surface area contributed by atoms with Gasteiger partial charge in [-0.2, -0.15) is 0 Å². The van der Waals surface area contributed by atoms with E-state index < -0.39 is 0 Å². The Labute approximate surface area is 189 Å². The van der Waals surface area contributed by atoms with E-state index in [-0.39, 0.29) is 54.3 Å². The van der Waals surface area contributed by atoms with Gasteiger partial charge in [-0.15, -0.1) is 0 Å². The molecule has 6 aliphatic heterocycles. The quantitative estimate of drug-likeness (QED) is 0.422. The highest BCUT2D eigenvalue weighted by molar-refractivity contribution is 5.78. The smallest absolute Gasteiger partial charge is 0.312 e. The second-order valence-electron chi connectivity index (χ2n) is 11.4. The van der Waals surface area contributed by atoms with Crippen LogP contribution in [0, 0.1) is 35.5 Å². The first-order valence-electron chi connectivity index (χ1n) is 13.0. The maximum atomic E-state index is 11.8. The maximum absolute atomic E-state index is 11.8. The molecule has 8 rings (SSSR count). The third-order valence-electron chi connectivity index (χ3n) is 10.0. The first-order chi connectivity index (χ1) is 15.5. The van der Waals surface area contributed by atoms with E-state index in [1.165, 1.54) is 56.1 Å². The van der Waals surface area contributed by atoms with Crippen LogP contribution in [-0.2, 0) is 28.5 Å². The second kappa shape index (κ2) is 7.05. The monoisotopic (exact) mass is 442 g/mol. The Morgan fingerprint density at radius 3 is 1.97 bits per heavy atom. The van der Waals surface area contributed by atoms with Gasteiger partial charge in [-0.3, -0.25) is 9.59 Å². The van der Waals surface area contributed by atoms with Crippen LogP contribution in [0.3, 0.4) is 0 Å². The topological polar surface area (TPSA) is 71.1 Å². The average molecular weight is 443 g/mol. The first-order valence-corrected chi connectivity index (χ1v) is 13.0. The van der Waals surface area contributed by atoms with Crippen molar-refractivity contribution in [3.05, 3.63) is 11.1 Å². The summed E-state index contributed by atoms with van der Waals surface area (Å²) in [5, 5.41) is 0. The molecule has 174 valence electrons. The molecule has 5 saturated heterocycles. The Hall–Kier alpha value is -1.40. The molecule has 0 aromatic heterocycles. The molecule has 4 bridgehead atoms. The van der Waals surface area contributed by atoms with E-state index in [1.807, 2.05) is 13.8 Å². The highest BCUT2D eigenvalue weighted by Gasteiger charge is 2.66. The lowest BCUT2D eigenvalue weighted by Crippen LogP contribution is -2.42. The molecule has 6 fully saturated rings. The van der Waals surface area contributed by atoms with Crippen LogP contribution in [-0.4, -0.2) is 48.6 Å². The number of hydrogen-bond donors (Lipinski definition) is 0. The highest BCUT2D eigenvalue weighted by Crippen LogP contribution is 2.58. The number of carbonyl (C=O) groups is 2. The molecule has 0 N–H and O–H groups in total. The van der Waals surface area contributed by atoms with E-state index in [9.17, 15) is 9.59 Å². The predicted octanol–water partition coefficient (Wildman–Crippen LogP) is 3.57. The molecule has 0 spiro atoms. The minimum atomic E-state index is -0.0258. The van der Waals surface area contributed by atoms with Gasteiger partial charge in [0.15, 0.2) is 0 Å². The van der Waals surface area contributed by atoms with Crippen LogP contribution >= 0.6 is 0 Å². The summed E-state index contributed by atoms with van der Waals surface area (Å²) in [7, 11) is 0. The summed E-state index contributed by atoms with van der Waals surface area (Å²) in [5.41, 5.74) is 2.96. The summed E-state index contributed by atoms with van der Waals surface area (Å²) in [6.07, 6.45) is 11.0. The zero-order chi connectivity index (χ0) is 21.7. The van der Waals surface area contributed by atoms with Gasteiger partial charge in [-0.05, 0) is 75.4 Å². The molecule has 6 nitrogen and oxygen atoms in total. The first kappa shape index (κ1) is 20.0. The summed E-state index contributed by atoms with van der Waals surface area (Å²) in [6, 6.07) is 0. The van der Waals surface area contributed by atoms with Gasteiger partial charge in [0.2, 0.25) is 0 Å². The number of ether oxygens (including phenoxy) is 4. The Morgan fingerprint density at radius 2 is 1.25 bits per heavy atom. The fourth-order valence-electron chi connectivity index (χ4n) is 8.83. The summed E-state index contributed by atoms with van der Waals surface area (Å²) >= 11 is 0. The third-order valence-corrected chi connectivity index (χ3v) is 10.0. The van der Waals surface area contributed by atoms with Gasteiger partial charge in [0.1, 0.15) is 12.2 Å². The molecule has 2 aliphatic carbocycles. The van der Waals surface area contributed by atoms with Crippen molar-refractivity contribution in [1.29, 1.82) is 0 Å². The largest absolute Gasteiger partial charge is 0.462 e. The van der Waals surface area contributed by atoms with Crippen molar-refractivity contribution in [3.63, 3.8) is 0 Å². The molecule has 0 radical (unpaired) electrons. The Balaban J connectivity index is 0.000000113. The van der Waals surface area contributed by atoms with Crippen molar-refractivity contribution in [3.8, 4) is 0 Å². The van der Waals surface area contributed by atoms with Crippen molar-refractivity contribution < 1.29 is 28.5 Å². The van der Waals surface area contributed by atoms with Gasteiger partial charge in [0, 0.05) is 11.8 Å². The van der Waals surface area contributed by atoms with E-state index >= 15 is 0 Å². The second-order valence-corrected chi connectivity index (χ2v) is 11.4. The summed E-state index contributed by atoms with van der Waals surface area (Å²) in [4.78, 5) is 23.6. The Morgan fingerprint density at radius 1 is 0.656 bits per heavy atom. The number of esters is 2. The zero-order valence-electron chi connectivity index (χ0n) is 19.0. The molecule has 32 heavy (non-hydrogen) atoms. The normalized spacial score (nSPS) is 53.8. The van der Waals surface area contributed by atoms with E-state index in [4.69, 9.17) is 18.9 Å². The molecule has 6 heteroatoms. The highest BCUT2D eigenvalue weighted by atomic mass is 16.6. The lowest BCUT2D eigenvalue weighted by molar-refractivity contribution is -0.148. The van der Waals surface area contributed by atoms with Crippen LogP contribution in [0.1, 0.15) is 65.2 Å². The van der Waals surface area contributed by atoms with Crippen LogP contribution < -0.4 is 0 Å². The summed E-state index contributed by atoms with van der Waals surface area (Å²) < 4.78 is 22.9. The summed E-state index contributed by atoms with van der Waals surface area (Å²) in [6.45, 7) is 4.04. The number of fused-ring (bicyclic) bond motifs is 15. The van der Waals surface area contributed by atoms with Crippen LogP contribution in [0.5, 0.6) is 0 Å².